The van der Waals surface area contributed by atoms with Gasteiger partial charge in [0.1, 0.15) is 5.75 Å². The number of rotatable bonds is 5. The van der Waals surface area contributed by atoms with Gasteiger partial charge >= 0.3 is 0 Å². The van der Waals surface area contributed by atoms with E-state index in [-0.39, 0.29) is 17.6 Å². The summed E-state index contributed by atoms with van der Waals surface area (Å²) in [6, 6.07) is 6.56. The molecule has 2 amide bonds. The number of aromatic hydroxyl groups is 1. The number of nitrogens with zero attached hydrogens (tertiary/aromatic N) is 3. The predicted molar refractivity (Wildman–Crippen MR) is 98.1 cm³/mol. The predicted octanol–water partition coefficient (Wildman–Crippen LogP) is 0.00400. The standard InChI is InChI=1S/C18H25N5O3/c1-19-18(22-10-11-23(14-4-5-14)16(25)12-22)21-9-8-20-17(26)13-2-6-15(24)7-3-13/h2-3,6-7,14,24H,4-5,8-12H2,1H3,(H,19,21)(H,20,26). The average molecular weight is 359 g/mol. The van der Waals surface area contributed by atoms with Crippen LogP contribution in [0.5, 0.6) is 5.75 Å². The van der Waals surface area contributed by atoms with Crippen LogP contribution < -0.4 is 10.6 Å². The number of piperazine rings is 1. The van der Waals surface area contributed by atoms with Crippen LogP contribution in [-0.2, 0) is 4.79 Å². The first kappa shape index (κ1) is 18.0. The van der Waals surface area contributed by atoms with Crippen molar-refractivity contribution in [3.63, 3.8) is 0 Å². The second kappa shape index (κ2) is 8.07. The van der Waals surface area contributed by atoms with Crippen molar-refractivity contribution in [1.82, 2.24) is 20.4 Å². The van der Waals surface area contributed by atoms with Crippen LogP contribution in [0.1, 0.15) is 23.2 Å². The second-order valence-corrected chi connectivity index (χ2v) is 6.52. The molecular weight excluding hydrogens is 334 g/mol. The van der Waals surface area contributed by atoms with Crippen molar-refractivity contribution in [2.45, 2.75) is 18.9 Å². The summed E-state index contributed by atoms with van der Waals surface area (Å²) in [4.78, 5) is 32.4. The highest BCUT2D eigenvalue weighted by Gasteiger charge is 2.36. The zero-order chi connectivity index (χ0) is 18.5. The van der Waals surface area contributed by atoms with Gasteiger partial charge in [0.25, 0.3) is 5.91 Å². The van der Waals surface area contributed by atoms with Crippen LogP contribution in [0.15, 0.2) is 29.3 Å². The zero-order valence-corrected chi connectivity index (χ0v) is 14.9. The minimum absolute atomic E-state index is 0.128. The van der Waals surface area contributed by atoms with E-state index >= 15 is 0 Å². The summed E-state index contributed by atoms with van der Waals surface area (Å²) in [6.45, 7) is 2.78. The van der Waals surface area contributed by atoms with Gasteiger partial charge in [-0.15, -0.1) is 0 Å². The number of hydrogen-bond acceptors (Lipinski definition) is 4. The molecule has 1 aromatic carbocycles. The van der Waals surface area contributed by atoms with Gasteiger partial charge in [-0.3, -0.25) is 14.6 Å². The van der Waals surface area contributed by atoms with Crippen molar-refractivity contribution in [3.8, 4) is 5.75 Å². The SMILES string of the molecule is CN=C(NCCNC(=O)c1ccc(O)cc1)N1CCN(C2CC2)C(=O)C1. The first-order chi connectivity index (χ1) is 12.6. The molecule has 0 radical (unpaired) electrons. The van der Waals surface area contributed by atoms with Crippen LogP contribution in [0.4, 0.5) is 0 Å². The van der Waals surface area contributed by atoms with Crippen molar-refractivity contribution in [2.75, 3.05) is 39.8 Å². The molecule has 0 spiro atoms. The van der Waals surface area contributed by atoms with E-state index in [9.17, 15) is 14.7 Å². The smallest absolute Gasteiger partial charge is 0.251 e. The van der Waals surface area contributed by atoms with Crippen LogP contribution in [0.25, 0.3) is 0 Å². The van der Waals surface area contributed by atoms with Crippen LogP contribution in [-0.4, -0.2) is 78.5 Å². The first-order valence-electron chi connectivity index (χ1n) is 8.91. The number of benzene rings is 1. The van der Waals surface area contributed by atoms with Gasteiger partial charge < -0.3 is 25.5 Å². The van der Waals surface area contributed by atoms with Crippen LogP contribution in [0.2, 0.25) is 0 Å². The number of hydrogen-bond donors (Lipinski definition) is 3. The van der Waals surface area contributed by atoms with Gasteiger partial charge in [0.05, 0.1) is 6.54 Å². The molecule has 0 bridgehead atoms. The third-order valence-electron chi connectivity index (χ3n) is 4.58. The van der Waals surface area contributed by atoms with Gasteiger partial charge in [0.15, 0.2) is 5.96 Å². The maximum absolute atomic E-state index is 12.2. The van der Waals surface area contributed by atoms with Gasteiger partial charge in [0, 0.05) is 44.8 Å². The number of nitrogens with one attached hydrogen (secondary N) is 2. The fourth-order valence-electron chi connectivity index (χ4n) is 3.04. The Kier molecular flexibility index (Phi) is 5.60. The highest BCUT2D eigenvalue weighted by atomic mass is 16.3. The first-order valence-corrected chi connectivity index (χ1v) is 8.91. The molecule has 0 aromatic heterocycles. The molecule has 1 saturated heterocycles. The number of carbonyl (C=O) groups excluding carboxylic acids is 2. The average Bonchev–Trinajstić information content (AvgIpc) is 3.47. The number of carbonyl (C=O) groups is 2. The molecule has 26 heavy (non-hydrogen) atoms. The highest BCUT2D eigenvalue weighted by molar-refractivity contribution is 5.94. The fraction of sp³-hybridized carbons (Fsp3) is 0.500. The van der Waals surface area contributed by atoms with E-state index < -0.39 is 0 Å². The Balaban J connectivity index is 1.41. The molecule has 1 saturated carbocycles. The Labute approximate surface area is 152 Å². The highest BCUT2D eigenvalue weighted by Crippen LogP contribution is 2.27. The Morgan fingerprint density at radius 2 is 1.88 bits per heavy atom. The molecule has 1 aliphatic heterocycles. The molecule has 1 aromatic rings. The molecule has 1 aliphatic carbocycles. The maximum Gasteiger partial charge on any atom is 0.251 e. The summed E-state index contributed by atoms with van der Waals surface area (Å²) in [5.41, 5.74) is 0.494. The third-order valence-corrected chi connectivity index (χ3v) is 4.58. The minimum Gasteiger partial charge on any atom is -0.508 e. The summed E-state index contributed by atoms with van der Waals surface area (Å²) in [7, 11) is 1.69. The van der Waals surface area contributed by atoms with Crippen molar-refractivity contribution < 1.29 is 14.7 Å². The molecule has 3 rings (SSSR count). The summed E-state index contributed by atoms with van der Waals surface area (Å²) in [6.07, 6.45) is 2.25. The number of phenolic OH excluding ortho intramolecular Hbond substituents is 1. The second-order valence-electron chi connectivity index (χ2n) is 6.52. The lowest BCUT2D eigenvalue weighted by atomic mass is 10.2. The van der Waals surface area contributed by atoms with Crippen LogP contribution in [0, 0.1) is 0 Å². The van der Waals surface area contributed by atoms with Crippen LogP contribution in [0.3, 0.4) is 0 Å². The Morgan fingerprint density at radius 1 is 1.19 bits per heavy atom. The Hall–Kier alpha value is -2.77. The van der Waals surface area contributed by atoms with E-state index in [1.54, 1.807) is 19.2 Å². The maximum atomic E-state index is 12.2. The number of amides is 2. The molecular formula is C18H25N5O3. The lowest BCUT2D eigenvalue weighted by Gasteiger charge is -2.36. The Bertz CT molecular complexity index is 685. The van der Waals surface area contributed by atoms with Crippen molar-refractivity contribution in [1.29, 1.82) is 0 Å². The molecule has 0 atom stereocenters. The minimum atomic E-state index is -0.199. The van der Waals surface area contributed by atoms with Crippen molar-refractivity contribution in [2.24, 2.45) is 4.99 Å². The summed E-state index contributed by atoms with van der Waals surface area (Å²) < 4.78 is 0. The normalized spacial score (nSPS) is 18.0. The summed E-state index contributed by atoms with van der Waals surface area (Å²) >= 11 is 0. The van der Waals surface area contributed by atoms with Gasteiger partial charge in [-0.25, -0.2) is 0 Å². The topological polar surface area (TPSA) is 97.3 Å². The van der Waals surface area contributed by atoms with E-state index in [0.29, 0.717) is 37.2 Å². The van der Waals surface area contributed by atoms with Crippen molar-refractivity contribution >= 4 is 17.8 Å². The van der Waals surface area contributed by atoms with E-state index in [0.717, 1.165) is 25.9 Å². The van der Waals surface area contributed by atoms with E-state index in [1.165, 1.54) is 12.1 Å². The lowest BCUT2D eigenvalue weighted by molar-refractivity contribution is -0.135. The van der Waals surface area contributed by atoms with Gasteiger partial charge in [-0.05, 0) is 37.1 Å². The van der Waals surface area contributed by atoms with Gasteiger partial charge in [0.2, 0.25) is 5.91 Å². The monoisotopic (exact) mass is 359 g/mol. The molecule has 8 nitrogen and oxygen atoms in total. The molecule has 1 heterocycles. The van der Waals surface area contributed by atoms with Crippen molar-refractivity contribution in [3.05, 3.63) is 29.8 Å². The molecule has 2 fully saturated rings. The molecule has 3 N–H and O–H groups in total. The number of guanidine groups is 1. The number of aliphatic imine (C=N–C) groups is 1. The zero-order valence-electron chi connectivity index (χ0n) is 14.9. The fourth-order valence-corrected chi connectivity index (χ4v) is 3.04. The number of phenols is 1. The largest absolute Gasteiger partial charge is 0.508 e. The molecule has 8 heteroatoms. The summed E-state index contributed by atoms with van der Waals surface area (Å²) in [5, 5.41) is 15.2. The van der Waals surface area contributed by atoms with E-state index in [4.69, 9.17) is 0 Å². The van der Waals surface area contributed by atoms with Gasteiger partial charge in [-0.2, -0.15) is 0 Å². The molecule has 2 aliphatic rings. The van der Waals surface area contributed by atoms with Gasteiger partial charge in [-0.1, -0.05) is 0 Å². The quantitative estimate of drug-likeness (QED) is 0.391. The van der Waals surface area contributed by atoms with E-state index in [1.807, 2.05) is 9.80 Å². The molecule has 140 valence electrons. The lowest BCUT2D eigenvalue weighted by Crippen LogP contribution is -2.56. The molecule has 0 unspecified atom stereocenters. The third kappa shape index (κ3) is 4.44. The summed E-state index contributed by atoms with van der Waals surface area (Å²) in [5.74, 6) is 0.758. The van der Waals surface area contributed by atoms with E-state index in [2.05, 4.69) is 15.6 Å². The van der Waals surface area contributed by atoms with Crippen LogP contribution >= 0.6 is 0 Å². The Morgan fingerprint density at radius 3 is 2.50 bits per heavy atom.